The zero-order chi connectivity index (χ0) is 16.7. The van der Waals surface area contributed by atoms with E-state index in [4.69, 9.17) is 0 Å². The van der Waals surface area contributed by atoms with Gasteiger partial charge in [-0.2, -0.15) is 0 Å². The first-order valence-electron chi connectivity index (χ1n) is 8.66. The summed E-state index contributed by atoms with van der Waals surface area (Å²) in [6, 6.07) is 26.8. The van der Waals surface area contributed by atoms with Crippen LogP contribution in [0.1, 0.15) is 30.9 Å². The predicted molar refractivity (Wildman–Crippen MR) is 106 cm³/mol. The standard InChI is InChI=1S/C24H22/c1-16(2)19-10-12-23-21(14-19)15-20-13-17(3)9-11-22(20)24(23)18-7-5-4-6-8-18/h4-16H,1-3H3. The lowest BCUT2D eigenvalue weighted by Gasteiger charge is -2.14. The molecule has 118 valence electrons. The first kappa shape index (κ1) is 15.0. The number of hydrogen-bond donors (Lipinski definition) is 0. The van der Waals surface area contributed by atoms with Crippen LogP contribution in [0.3, 0.4) is 0 Å². The monoisotopic (exact) mass is 310 g/mol. The van der Waals surface area contributed by atoms with Gasteiger partial charge in [-0.1, -0.05) is 86.1 Å². The van der Waals surface area contributed by atoms with Gasteiger partial charge in [-0.3, -0.25) is 0 Å². The van der Waals surface area contributed by atoms with E-state index in [1.165, 1.54) is 43.8 Å². The third kappa shape index (κ3) is 2.49. The average Bonchev–Trinajstić information content (AvgIpc) is 2.59. The molecular formula is C24H22. The minimum absolute atomic E-state index is 0.544. The predicted octanol–water partition coefficient (Wildman–Crippen LogP) is 7.09. The average molecular weight is 310 g/mol. The van der Waals surface area contributed by atoms with Crippen LogP contribution in [0.4, 0.5) is 0 Å². The first-order chi connectivity index (χ1) is 11.6. The molecule has 0 unspecified atom stereocenters. The highest BCUT2D eigenvalue weighted by atomic mass is 14.1. The highest BCUT2D eigenvalue weighted by molar-refractivity contribution is 6.12. The van der Waals surface area contributed by atoms with Crippen LogP contribution in [0.25, 0.3) is 32.7 Å². The van der Waals surface area contributed by atoms with Crippen molar-refractivity contribution in [2.45, 2.75) is 26.7 Å². The molecule has 0 fully saturated rings. The quantitative estimate of drug-likeness (QED) is 0.347. The molecule has 4 aromatic carbocycles. The molecule has 0 aromatic heterocycles. The van der Waals surface area contributed by atoms with Crippen LogP contribution in [0.2, 0.25) is 0 Å². The van der Waals surface area contributed by atoms with Crippen molar-refractivity contribution in [2.24, 2.45) is 0 Å². The molecule has 0 aliphatic heterocycles. The fourth-order valence-corrected chi connectivity index (χ4v) is 3.55. The second-order valence-electron chi connectivity index (χ2n) is 6.98. The summed E-state index contributed by atoms with van der Waals surface area (Å²) < 4.78 is 0. The molecule has 0 saturated carbocycles. The largest absolute Gasteiger partial charge is 0.0622 e. The fourth-order valence-electron chi connectivity index (χ4n) is 3.55. The molecule has 0 aliphatic carbocycles. The highest BCUT2D eigenvalue weighted by Gasteiger charge is 2.11. The van der Waals surface area contributed by atoms with Gasteiger partial charge >= 0.3 is 0 Å². The molecule has 24 heavy (non-hydrogen) atoms. The van der Waals surface area contributed by atoms with Crippen molar-refractivity contribution in [1.82, 2.24) is 0 Å². The van der Waals surface area contributed by atoms with E-state index < -0.39 is 0 Å². The molecule has 0 bridgehead atoms. The topological polar surface area (TPSA) is 0 Å². The summed E-state index contributed by atoms with van der Waals surface area (Å²) in [6.45, 7) is 6.67. The van der Waals surface area contributed by atoms with Gasteiger partial charge in [0.1, 0.15) is 0 Å². The van der Waals surface area contributed by atoms with Crippen molar-refractivity contribution in [3.63, 3.8) is 0 Å². The maximum absolute atomic E-state index is 2.36. The summed E-state index contributed by atoms with van der Waals surface area (Å²) >= 11 is 0. The number of fused-ring (bicyclic) bond motifs is 2. The van der Waals surface area contributed by atoms with E-state index in [9.17, 15) is 0 Å². The van der Waals surface area contributed by atoms with E-state index in [1.807, 2.05) is 0 Å². The molecule has 0 spiro atoms. The van der Waals surface area contributed by atoms with Crippen LogP contribution in [0.5, 0.6) is 0 Å². The molecule has 0 saturated heterocycles. The maximum atomic E-state index is 2.36. The van der Waals surface area contributed by atoms with Crippen molar-refractivity contribution in [1.29, 1.82) is 0 Å². The van der Waals surface area contributed by atoms with Gasteiger partial charge < -0.3 is 0 Å². The second kappa shape index (κ2) is 5.79. The van der Waals surface area contributed by atoms with Gasteiger partial charge in [0.15, 0.2) is 0 Å². The lowest BCUT2D eigenvalue weighted by Crippen LogP contribution is -1.90. The molecule has 0 heterocycles. The molecule has 0 nitrogen and oxygen atoms in total. The van der Waals surface area contributed by atoms with Crippen molar-refractivity contribution < 1.29 is 0 Å². The Morgan fingerprint density at radius 3 is 2.04 bits per heavy atom. The van der Waals surface area contributed by atoms with Crippen LogP contribution in [-0.4, -0.2) is 0 Å². The summed E-state index contributed by atoms with van der Waals surface area (Å²) in [5.41, 5.74) is 5.34. The summed E-state index contributed by atoms with van der Waals surface area (Å²) in [6.07, 6.45) is 0. The molecule has 4 rings (SSSR count). The number of hydrogen-bond acceptors (Lipinski definition) is 0. The van der Waals surface area contributed by atoms with Crippen molar-refractivity contribution in [3.05, 3.63) is 83.9 Å². The van der Waals surface area contributed by atoms with Gasteiger partial charge in [0, 0.05) is 0 Å². The summed E-state index contributed by atoms with van der Waals surface area (Å²) in [5.74, 6) is 0.544. The fraction of sp³-hybridized carbons (Fsp3) is 0.167. The Bertz CT molecular complexity index is 1020. The Hall–Kier alpha value is -2.60. The third-order valence-corrected chi connectivity index (χ3v) is 4.86. The molecule has 0 aliphatic rings. The Morgan fingerprint density at radius 1 is 0.667 bits per heavy atom. The lowest BCUT2D eigenvalue weighted by molar-refractivity contribution is 0.869. The van der Waals surface area contributed by atoms with Gasteiger partial charge in [0.2, 0.25) is 0 Å². The highest BCUT2D eigenvalue weighted by Crippen LogP contribution is 2.37. The van der Waals surface area contributed by atoms with Crippen LogP contribution in [-0.2, 0) is 0 Å². The lowest BCUT2D eigenvalue weighted by atomic mass is 9.89. The van der Waals surface area contributed by atoms with Crippen LogP contribution in [0.15, 0.2) is 72.8 Å². The van der Waals surface area contributed by atoms with E-state index in [1.54, 1.807) is 0 Å². The van der Waals surface area contributed by atoms with E-state index in [0.29, 0.717) is 5.92 Å². The number of rotatable bonds is 2. The zero-order valence-electron chi connectivity index (χ0n) is 14.5. The normalized spacial score (nSPS) is 11.5. The molecule has 0 radical (unpaired) electrons. The van der Waals surface area contributed by atoms with Gasteiger partial charge in [-0.15, -0.1) is 0 Å². The van der Waals surface area contributed by atoms with E-state index >= 15 is 0 Å². The third-order valence-electron chi connectivity index (χ3n) is 4.86. The number of aryl methyl sites for hydroxylation is 1. The van der Waals surface area contributed by atoms with Gasteiger partial charge in [-0.25, -0.2) is 0 Å². The minimum Gasteiger partial charge on any atom is -0.0622 e. The van der Waals surface area contributed by atoms with Gasteiger partial charge in [-0.05, 0) is 57.1 Å². The van der Waals surface area contributed by atoms with Crippen molar-refractivity contribution >= 4 is 21.5 Å². The molecule has 0 heteroatoms. The van der Waals surface area contributed by atoms with Crippen LogP contribution >= 0.6 is 0 Å². The molecule has 4 aromatic rings. The molecular weight excluding hydrogens is 288 g/mol. The maximum Gasteiger partial charge on any atom is -0.00268 e. The SMILES string of the molecule is Cc1ccc2c(-c3ccccc3)c3ccc(C(C)C)cc3cc2c1. The second-order valence-corrected chi connectivity index (χ2v) is 6.98. The summed E-state index contributed by atoms with van der Waals surface area (Å²) in [5, 5.41) is 5.32. The summed E-state index contributed by atoms with van der Waals surface area (Å²) in [4.78, 5) is 0. The smallest absolute Gasteiger partial charge is 0.00268 e. The van der Waals surface area contributed by atoms with E-state index in [0.717, 1.165) is 0 Å². The van der Waals surface area contributed by atoms with Crippen molar-refractivity contribution in [3.8, 4) is 11.1 Å². The Labute approximate surface area is 143 Å². The van der Waals surface area contributed by atoms with E-state index in [-0.39, 0.29) is 0 Å². The van der Waals surface area contributed by atoms with E-state index in [2.05, 4.69) is 93.6 Å². The molecule has 0 N–H and O–H groups in total. The first-order valence-corrected chi connectivity index (χ1v) is 8.66. The Kier molecular flexibility index (Phi) is 3.61. The van der Waals surface area contributed by atoms with Gasteiger partial charge in [0.25, 0.3) is 0 Å². The van der Waals surface area contributed by atoms with Crippen LogP contribution in [0, 0.1) is 6.92 Å². The zero-order valence-corrected chi connectivity index (χ0v) is 14.5. The minimum atomic E-state index is 0.544. The Morgan fingerprint density at radius 2 is 1.33 bits per heavy atom. The number of benzene rings is 4. The molecule has 0 atom stereocenters. The summed E-state index contributed by atoms with van der Waals surface area (Å²) in [7, 11) is 0. The van der Waals surface area contributed by atoms with Crippen LogP contribution < -0.4 is 0 Å². The van der Waals surface area contributed by atoms with Gasteiger partial charge in [0.05, 0.1) is 0 Å². The molecule has 0 amide bonds. The Balaban J connectivity index is 2.15. The van der Waals surface area contributed by atoms with Crippen molar-refractivity contribution in [2.75, 3.05) is 0 Å².